The van der Waals surface area contributed by atoms with Gasteiger partial charge in [0.1, 0.15) is 18.8 Å². The number of hydrogen-bond donors (Lipinski definition) is 3. The molecule has 4 fully saturated rings. The van der Waals surface area contributed by atoms with E-state index in [1.165, 1.54) is 0 Å². The molecule has 0 aromatic heterocycles. The van der Waals surface area contributed by atoms with Crippen molar-refractivity contribution in [2.75, 3.05) is 0 Å². The lowest BCUT2D eigenvalue weighted by atomic mass is 9.78. The van der Waals surface area contributed by atoms with E-state index in [0.29, 0.717) is 31.0 Å². The highest BCUT2D eigenvalue weighted by atomic mass is 16.6. The van der Waals surface area contributed by atoms with Crippen molar-refractivity contribution in [3.63, 3.8) is 0 Å². The summed E-state index contributed by atoms with van der Waals surface area (Å²) < 4.78 is 16.3. The third kappa shape index (κ3) is 7.87. The van der Waals surface area contributed by atoms with Crippen LogP contribution in [0.3, 0.4) is 0 Å². The zero-order valence-electron chi connectivity index (χ0n) is 26.9. The molecular formula is C36H49N3O6. The summed E-state index contributed by atoms with van der Waals surface area (Å²) in [5.74, 6) is 0.906. The van der Waals surface area contributed by atoms with Crippen molar-refractivity contribution in [3.05, 3.63) is 71.8 Å². The first-order valence-corrected chi connectivity index (χ1v) is 16.3. The second kappa shape index (κ2) is 13.9. The molecular weight excluding hydrogens is 570 g/mol. The summed E-state index contributed by atoms with van der Waals surface area (Å²) in [4.78, 5) is 36.8. The minimum atomic E-state index is -0.503. The predicted molar refractivity (Wildman–Crippen MR) is 170 cm³/mol. The molecule has 9 heteroatoms. The number of carbonyl (C=O) groups is 3. The summed E-state index contributed by atoms with van der Waals surface area (Å²) in [5, 5.41) is 3.00. The van der Waals surface area contributed by atoms with Gasteiger partial charge in [-0.1, -0.05) is 67.6 Å². The van der Waals surface area contributed by atoms with E-state index in [4.69, 9.17) is 25.7 Å². The first kappa shape index (κ1) is 32.9. The normalized spacial score (nSPS) is 32.8. The fraction of sp³-hybridized carbons (Fsp3) is 0.583. The number of nitrogens with two attached hydrogens (primary N) is 2. The van der Waals surface area contributed by atoms with E-state index < -0.39 is 5.60 Å². The Bertz CT molecular complexity index is 1310. The van der Waals surface area contributed by atoms with Gasteiger partial charge in [0, 0.05) is 18.1 Å². The van der Waals surface area contributed by atoms with Crippen molar-refractivity contribution >= 4 is 18.0 Å². The Hall–Kier alpha value is -3.43. The molecule has 0 aliphatic heterocycles. The lowest BCUT2D eigenvalue weighted by Gasteiger charge is -2.33. The first-order chi connectivity index (χ1) is 21.4. The minimum Gasteiger partial charge on any atom is -0.461 e. The summed E-state index contributed by atoms with van der Waals surface area (Å²) in [6, 6.07) is 19.6. The highest BCUT2D eigenvalue weighted by Crippen LogP contribution is 2.52. The Kier molecular flexibility index (Phi) is 10.2. The molecule has 2 aromatic carbocycles. The zero-order valence-corrected chi connectivity index (χ0v) is 26.9. The van der Waals surface area contributed by atoms with Crippen LogP contribution in [0.5, 0.6) is 0 Å². The average Bonchev–Trinajstić information content (AvgIpc) is 3.74. The van der Waals surface area contributed by atoms with E-state index in [1.54, 1.807) is 0 Å². The molecule has 5 N–H and O–H groups in total. The van der Waals surface area contributed by atoms with E-state index in [9.17, 15) is 14.4 Å². The number of alkyl carbamates (subject to hydrolysis) is 1. The standard InChI is InChI=1S/C21H29NO4.C15H20N2O2/c1-13-16-10-15(11-17(16)22-20(24)26-21(2,3)4)18(13)19(23)25-12-14-8-6-5-7-9-14;16-12-7-10-6-11(12)14(17)13(10)15(18)19-8-9-4-2-1-3-5-9/h5-9,13,15-18H,10-12H2,1-4H3,(H,22,24);1-5,10-14H,6-8,16-17H2/t13-,15?,16?,17-,18+;10?,11?,12-,13-,14-/m00/s1. The molecule has 6 rings (SSSR count). The van der Waals surface area contributed by atoms with Crippen molar-refractivity contribution < 1.29 is 28.6 Å². The number of ether oxygens (including phenoxy) is 3. The third-order valence-electron chi connectivity index (χ3n) is 10.2. The van der Waals surface area contributed by atoms with Gasteiger partial charge in [0.15, 0.2) is 0 Å². The van der Waals surface area contributed by atoms with Gasteiger partial charge < -0.3 is 31.0 Å². The van der Waals surface area contributed by atoms with Crippen LogP contribution in [0, 0.1) is 41.4 Å². The molecule has 9 nitrogen and oxygen atoms in total. The van der Waals surface area contributed by atoms with Crippen molar-refractivity contribution in [2.24, 2.45) is 52.9 Å². The van der Waals surface area contributed by atoms with Crippen molar-refractivity contribution in [1.82, 2.24) is 5.32 Å². The second-order valence-corrected chi connectivity index (χ2v) is 14.4. The Morgan fingerprint density at radius 2 is 1.27 bits per heavy atom. The van der Waals surface area contributed by atoms with Crippen LogP contribution in [0.4, 0.5) is 4.79 Å². The smallest absolute Gasteiger partial charge is 0.407 e. The van der Waals surface area contributed by atoms with Gasteiger partial charge in [-0.25, -0.2) is 4.79 Å². The van der Waals surface area contributed by atoms with Gasteiger partial charge in [-0.2, -0.15) is 0 Å². The number of fused-ring (bicyclic) bond motifs is 4. The fourth-order valence-electron chi connectivity index (χ4n) is 8.17. The van der Waals surface area contributed by atoms with Gasteiger partial charge in [-0.3, -0.25) is 9.59 Å². The van der Waals surface area contributed by atoms with Crippen LogP contribution in [0.15, 0.2) is 60.7 Å². The summed E-state index contributed by atoms with van der Waals surface area (Å²) in [5.41, 5.74) is 13.7. The van der Waals surface area contributed by atoms with E-state index in [2.05, 4.69) is 12.2 Å². The Morgan fingerprint density at radius 3 is 1.76 bits per heavy atom. The maximum absolute atomic E-state index is 12.6. The van der Waals surface area contributed by atoms with Crippen LogP contribution in [0.1, 0.15) is 64.5 Å². The highest BCUT2D eigenvalue weighted by Gasteiger charge is 2.55. The van der Waals surface area contributed by atoms with E-state index in [-0.39, 0.29) is 59.8 Å². The van der Waals surface area contributed by atoms with E-state index in [1.807, 2.05) is 81.4 Å². The van der Waals surface area contributed by atoms with Gasteiger partial charge in [0.05, 0.1) is 11.8 Å². The lowest BCUT2D eigenvalue weighted by molar-refractivity contribution is -0.154. The Balaban J connectivity index is 0.000000186. The molecule has 4 aliphatic rings. The van der Waals surface area contributed by atoms with Gasteiger partial charge >= 0.3 is 18.0 Å². The number of esters is 2. The third-order valence-corrected chi connectivity index (χ3v) is 10.2. The molecule has 4 unspecified atom stereocenters. The topological polar surface area (TPSA) is 143 Å². The van der Waals surface area contributed by atoms with Crippen molar-refractivity contribution in [3.8, 4) is 0 Å². The second-order valence-electron chi connectivity index (χ2n) is 14.4. The maximum Gasteiger partial charge on any atom is 0.407 e. The van der Waals surface area contributed by atoms with Crippen LogP contribution >= 0.6 is 0 Å². The van der Waals surface area contributed by atoms with Crippen LogP contribution < -0.4 is 16.8 Å². The number of nitrogens with one attached hydrogen (secondary N) is 1. The maximum atomic E-state index is 12.6. The van der Waals surface area contributed by atoms with Crippen LogP contribution in [-0.4, -0.2) is 41.8 Å². The van der Waals surface area contributed by atoms with Gasteiger partial charge in [0.25, 0.3) is 0 Å². The quantitative estimate of drug-likeness (QED) is 0.292. The lowest BCUT2D eigenvalue weighted by Crippen LogP contribution is -2.48. The molecule has 0 saturated heterocycles. The fourth-order valence-corrected chi connectivity index (χ4v) is 8.17. The summed E-state index contributed by atoms with van der Waals surface area (Å²) >= 11 is 0. The van der Waals surface area contributed by atoms with Crippen LogP contribution in [-0.2, 0) is 37.0 Å². The predicted octanol–water partition coefficient (Wildman–Crippen LogP) is 4.96. The molecule has 4 bridgehead atoms. The SMILES string of the molecule is C[C@H]1C2CC(C[C@@H]2NC(=O)OC(C)(C)C)[C@@H]1C(=O)OCc1ccccc1.N[C@H]1CC2CC1[C@H](N)[C@H]2C(=O)OCc1ccccc1. The number of amides is 1. The molecule has 1 amide bonds. The Labute approximate surface area is 266 Å². The van der Waals surface area contributed by atoms with E-state index in [0.717, 1.165) is 36.8 Å². The molecule has 4 saturated carbocycles. The van der Waals surface area contributed by atoms with Gasteiger partial charge in [0.2, 0.25) is 0 Å². The molecule has 244 valence electrons. The van der Waals surface area contributed by atoms with Crippen molar-refractivity contribution in [1.29, 1.82) is 0 Å². The largest absolute Gasteiger partial charge is 0.461 e. The van der Waals surface area contributed by atoms with Gasteiger partial charge in [-0.15, -0.1) is 0 Å². The number of hydrogen-bond acceptors (Lipinski definition) is 8. The average molecular weight is 620 g/mol. The Morgan fingerprint density at radius 1 is 0.756 bits per heavy atom. The van der Waals surface area contributed by atoms with Crippen molar-refractivity contribution in [2.45, 2.75) is 90.3 Å². The minimum absolute atomic E-state index is 0.0691. The molecule has 0 radical (unpaired) electrons. The number of carbonyl (C=O) groups excluding carboxylic acids is 3. The summed E-state index contributed by atoms with van der Waals surface area (Å²) in [6.45, 7) is 8.31. The summed E-state index contributed by atoms with van der Waals surface area (Å²) in [7, 11) is 0. The highest BCUT2D eigenvalue weighted by molar-refractivity contribution is 5.75. The van der Waals surface area contributed by atoms with Crippen LogP contribution in [0.2, 0.25) is 0 Å². The molecule has 2 aromatic rings. The number of rotatable bonds is 7. The summed E-state index contributed by atoms with van der Waals surface area (Å²) in [6.07, 6.45) is 3.30. The molecule has 4 aliphatic carbocycles. The van der Waals surface area contributed by atoms with E-state index >= 15 is 0 Å². The zero-order chi connectivity index (χ0) is 32.3. The molecule has 0 heterocycles. The molecule has 10 atom stereocenters. The first-order valence-electron chi connectivity index (χ1n) is 16.3. The molecule has 0 spiro atoms. The van der Waals surface area contributed by atoms with Crippen LogP contribution in [0.25, 0.3) is 0 Å². The van der Waals surface area contributed by atoms with Gasteiger partial charge in [-0.05, 0) is 87.2 Å². The monoisotopic (exact) mass is 619 g/mol. The number of benzene rings is 2. The molecule has 45 heavy (non-hydrogen) atoms.